The molecule has 0 saturated heterocycles. The van der Waals surface area contributed by atoms with Gasteiger partial charge in [-0.15, -0.1) is 0 Å². The topological polar surface area (TPSA) is 70.2 Å². The summed E-state index contributed by atoms with van der Waals surface area (Å²) in [5.41, 5.74) is 1.39. The van der Waals surface area contributed by atoms with Crippen LogP contribution >= 0.6 is 15.9 Å². The molecular formula is C24H27BrFN5O. The Hall–Kier alpha value is -2.74. The molecule has 1 aliphatic rings. The van der Waals surface area contributed by atoms with Crippen molar-refractivity contribution in [2.45, 2.75) is 38.3 Å². The summed E-state index contributed by atoms with van der Waals surface area (Å²) in [5, 5.41) is 7.37. The first-order chi connectivity index (χ1) is 15.4. The van der Waals surface area contributed by atoms with E-state index in [-0.39, 0.29) is 30.2 Å². The van der Waals surface area contributed by atoms with E-state index in [1.807, 2.05) is 43.3 Å². The van der Waals surface area contributed by atoms with E-state index in [1.165, 1.54) is 6.07 Å². The average molecular weight is 500 g/mol. The second kappa shape index (κ2) is 9.81. The predicted molar refractivity (Wildman–Crippen MR) is 129 cm³/mol. The number of carbonyl (C=O) groups is 1. The first kappa shape index (κ1) is 22.5. The molecule has 1 amide bonds. The van der Waals surface area contributed by atoms with Crippen LogP contribution in [-0.4, -0.2) is 36.0 Å². The maximum atomic E-state index is 14.0. The number of halogens is 2. The number of fused-ring (bicyclic) bond motifs is 1. The van der Waals surface area contributed by atoms with Gasteiger partial charge in [0.15, 0.2) is 0 Å². The third kappa shape index (κ3) is 5.18. The van der Waals surface area contributed by atoms with Crippen LogP contribution in [0.25, 0.3) is 10.9 Å². The van der Waals surface area contributed by atoms with Crippen LogP contribution < -0.4 is 15.5 Å². The summed E-state index contributed by atoms with van der Waals surface area (Å²) in [6, 6.07) is 13.1. The molecule has 1 heterocycles. The smallest absolute Gasteiger partial charge is 0.225 e. The Morgan fingerprint density at radius 1 is 1.12 bits per heavy atom. The fourth-order valence-electron chi connectivity index (χ4n) is 4.14. The van der Waals surface area contributed by atoms with Gasteiger partial charge in [-0.2, -0.15) is 4.98 Å². The first-order valence-corrected chi connectivity index (χ1v) is 11.6. The van der Waals surface area contributed by atoms with Gasteiger partial charge in [0.25, 0.3) is 0 Å². The largest absolute Gasteiger partial charge is 0.362 e. The number of hydrogen-bond donors (Lipinski definition) is 2. The van der Waals surface area contributed by atoms with Crippen molar-refractivity contribution < 1.29 is 9.18 Å². The zero-order chi connectivity index (χ0) is 22.7. The highest BCUT2D eigenvalue weighted by atomic mass is 79.9. The standard InChI is InChI=1S/C24H27BrFN5O/c1-31(2)22-19-5-3-4-6-21(19)29-24(30-22)28-18-11-8-15(9-12-18)23(32)27-14-16-7-10-17(25)13-20(16)26/h3-7,10,13,15,18H,8-9,11-12,14H2,1-2H3,(H,27,32)(H,28,29,30). The Labute approximate surface area is 195 Å². The van der Waals surface area contributed by atoms with Crippen molar-refractivity contribution in [3.8, 4) is 0 Å². The van der Waals surface area contributed by atoms with E-state index in [4.69, 9.17) is 4.98 Å². The van der Waals surface area contributed by atoms with Crippen LogP contribution in [0.3, 0.4) is 0 Å². The molecule has 6 nitrogen and oxygen atoms in total. The summed E-state index contributed by atoms with van der Waals surface area (Å²) in [5.74, 6) is 1.11. The zero-order valence-electron chi connectivity index (χ0n) is 18.2. The zero-order valence-corrected chi connectivity index (χ0v) is 19.8. The summed E-state index contributed by atoms with van der Waals surface area (Å²) in [6.07, 6.45) is 3.28. The Bertz CT molecular complexity index is 1110. The number of carbonyl (C=O) groups excluding carboxylic acids is 1. The van der Waals surface area contributed by atoms with Crippen LogP contribution in [0, 0.1) is 11.7 Å². The lowest BCUT2D eigenvalue weighted by molar-refractivity contribution is -0.126. The maximum absolute atomic E-state index is 14.0. The van der Waals surface area contributed by atoms with Gasteiger partial charge in [0.2, 0.25) is 11.9 Å². The molecule has 0 radical (unpaired) electrons. The molecule has 0 atom stereocenters. The molecule has 0 spiro atoms. The summed E-state index contributed by atoms with van der Waals surface area (Å²) in [4.78, 5) is 24.0. The minimum absolute atomic E-state index is 0.0115. The van der Waals surface area contributed by atoms with Gasteiger partial charge in [-0.05, 0) is 49.9 Å². The predicted octanol–water partition coefficient (Wildman–Crippen LogP) is 4.88. The molecule has 1 saturated carbocycles. The number of aromatic nitrogens is 2. The quantitative estimate of drug-likeness (QED) is 0.505. The molecule has 4 rings (SSSR count). The molecule has 0 unspecified atom stereocenters. The van der Waals surface area contributed by atoms with E-state index < -0.39 is 0 Å². The number of para-hydroxylation sites is 1. The monoisotopic (exact) mass is 499 g/mol. The molecule has 3 aromatic rings. The normalized spacial score (nSPS) is 18.4. The molecule has 1 aromatic heterocycles. The Balaban J connectivity index is 1.33. The number of amides is 1. The van der Waals surface area contributed by atoms with Crippen molar-refractivity contribution in [2.75, 3.05) is 24.3 Å². The second-order valence-electron chi connectivity index (χ2n) is 8.43. The van der Waals surface area contributed by atoms with Crippen LogP contribution in [0.2, 0.25) is 0 Å². The summed E-state index contributed by atoms with van der Waals surface area (Å²) < 4.78 is 14.7. The number of anilines is 2. The molecule has 32 heavy (non-hydrogen) atoms. The van der Waals surface area contributed by atoms with Crippen LogP contribution in [0.4, 0.5) is 16.2 Å². The Kier molecular flexibility index (Phi) is 6.89. The van der Waals surface area contributed by atoms with Gasteiger partial charge in [0.1, 0.15) is 11.6 Å². The van der Waals surface area contributed by atoms with Gasteiger partial charge in [0, 0.05) is 48.0 Å². The van der Waals surface area contributed by atoms with Crippen LogP contribution in [0.1, 0.15) is 31.2 Å². The molecule has 168 valence electrons. The third-order valence-corrected chi connectivity index (χ3v) is 6.40. The van der Waals surface area contributed by atoms with Gasteiger partial charge in [0.05, 0.1) is 5.52 Å². The molecule has 2 N–H and O–H groups in total. The van der Waals surface area contributed by atoms with Crippen molar-refractivity contribution in [2.24, 2.45) is 5.92 Å². The molecule has 0 aliphatic heterocycles. The van der Waals surface area contributed by atoms with E-state index in [2.05, 4.69) is 31.5 Å². The summed E-state index contributed by atoms with van der Waals surface area (Å²) >= 11 is 3.25. The van der Waals surface area contributed by atoms with E-state index in [0.29, 0.717) is 16.0 Å². The fourth-order valence-corrected chi connectivity index (χ4v) is 4.47. The third-order valence-electron chi connectivity index (χ3n) is 5.91. The van der Waals surface area contributed by atoms with Crippen molar-refractivity contribution >= 4 is 44.5 Å². The second-order valence-corrected chi connectivity index (χ2v) is 9.34. The number of nitrogens with one attached hydrogen (secondary N) is 2. The number of nitrogens with zero attached hydrogens (tertiary/aromatic N) is 3. The summed E-state index contributed by atoms with van der Waals surface area (Å²) in [7, 11) is 3.95. The molecule has 0 bridgehead atoms. The van der Waals surface area contributed by atoms with Crippen LogP contribution in [0.15, 0.2) is 46.9 Å². The van der Waals surface area contributed by atoms with Crippen molar-refractivity contribution in [1.29, 1.82) is 0 Å². The lowest BCUT2D eigenvalue weighted by atomic mass is 9.85. The molecular weight excluding hydrogens is 473 g/mol. The van der Waals surface area contributed by atoms with Gasteiger partial charge >= 0.3 is 0 Å². The molecule has 1 aliphatic carbocycles. The number of rotatable bonds is 6. The highest BCUT2D eigenvalue weighted by Gasteiger charge is 2.27. The van der Waals surface area contributed by atoms with Crippen molar-refractivity contribution in [3.05, 3.63) is 58.3 Å². The number of hydrogen-bond acceptors (Lipinski definition) is 5. The lowest BCUT2D eigenvalue weighted by Gasteiger charge is -2.28. The van der Waals surface area contributed by atoms with Gasteiger partial charge < -0.3 is 15.5 Å². The molecule has 8 heteroatoms. The van der Waals surface area contributed by atoms with E-state index in [0.717, 1.165) is 42.4 Å². The Morgan fingerprint density at radius 3 is 2.59 bits per heavy atom. The molecule has 2 aromatic carbocycles. The highest BCUT2D eigenvalue weighted by Crippen LogP contribution is 2.28. The van der Waals surface area contributed by atoms with Crippen molar-refractivity contribution in [3.63, 3.8) is 0 Å². The van der Waals surface area contributed by atoms with E-state index in [9.17, 15) is 9.18 Å². The summed E-state index contributed by atoms with van der Waals surface area (Å²) in [6.45, 7) is 0.203. The van der Waals surface area contributed by atoms with Crippen molar-refractivity contribution in [1.82, 2.24) is 15.3 Å². The number of benzene rings is 2. The molecule has 1 fully saturated rings. The fraction of sp³-hybridized carbons (Fsp3) is 0.375. The van der Waals surface area contributed by atoms with Crippen LogP contribution in [0.5, 0.6) is 0 Å². The average Bonchev–Trinajstić information content (AvgIpc) is 2.78. The van der Waals surface area contributed by atoms with Gasteiger partial charge in [-0.1, -0.05) is 34.1 Å². The minimum Gasteiger partial charge on any atom is -0.362 e. The van der Waals surface area contributed by atoms with Crippen LogP contribution in [-0.2, 0) is 11.3 Å². The van der Waals surface area contributed by atoms with Gasteiger partial charge in [-0.3, -0.25) is 4.79 Å². The van der Waals surface area contributed by atoms with E-state index >= 15 is 0 Å². The maximum Gasteiger partial charge on any atom is 0.225 e. The Morgan fingerprint density at radius 2 is 1.88 bits per heavy atom. The van der Waals surface area contributed by atoms with Gasteiger partial charge in [-0.25, -0.2) is 9.37 Å². The SMILES string of the molecule is CN(C)c1nc(NC2CCC(C(=O)NCc3ccc(Br)cc3F)CC2)nc2ccccc12. The first-order valence-electron chi connectivity index (χ1n) is 10.8. The highest BCUT2D eigenvalue weighted by molar-refractivity contribution is 9.10. The lowest BCUT2D eigenvalue weighted by Crippen LogP contribution is -2.36. The minimum atomic E-state index is -0.319. The van der Waals surface area contributed by atoms with E-state index in [1.54, 1.807) is 12.1 Å².